The summed E-state index contributed by atoms with van der Waals surface area (Å²) >= 11 is 1.48. The van der Waals surface area contributed by atoms with E-state index < -0.39 is 0 Å². The van der Waals surface area contributed by atoms with E-state index in [1.807, 2.05) is 18.2 Å². The van der Waals surface area contributed by atoms with Gasteiger partial charge in [0.2, 0.25) is 5.13 Å². The Bertz CT molecular complexity index is 853. The van der Waals surface area contributed by atoms with Crippen molar-refractivity contribution in [2.75, 3.05) is 31.5 Å². The summed E-state index contributed by atoms with van der Waals surface area (Å²) in [6.45, 7) is 2.02. The van der Waals surface area contributed by atoms with Crippen LogP contribution in [0.25, 0.3) is 0 Å². The number of nitrogens with one attached hydrogen (secondary N) is 1. The van der Waals surface area contributed by atoms with Crippen LogP contribution in [-0.4, -0.2) is 58.3 Å². The van der Waals surface area contributed by atoms with Gasteiger partial charge in [-0.1, -0.05) is 48.8 Å². The summed E-state index contributed by atoms with van der Waals surface area (Å²) in [5.74, 6) is 0.996. The number of carbonyl (C=O) groups is 2. The van der Waals surface area contributed by atoms with Gasteiger partial charge in [-0.25, -0.2) is 9.59 Å². The first-order valence-electron chi connectivity index (χ1n) is 10.6. The summed E-state index contributed by atoms with van der Waals surface area (Å²) < 4.78 is 5.41. The molecular weight excluding hydrogens is 402 g/mol. The minimum absolute atomic E-state index is 0.195. The van der Waals surface area contributed by atoms with Crippen LogP contribution in [0.4, 0.5) is 14.7 Å². The van der Waals surface area contributed by atoms with Gasteiger partial charge < -0.3 is 14.5 Å². The predicted octanol–water partition coefficient (Wildman–Crippen LogP) is 4.32. The van der Waals surface area contributed by atoms with Crippen molar-refractivity contribution in [3.63, 3.8) is 0 Å². The minimum atomic E-state index is -0.385. The van der Waals surface area contributed by atoms with Crippen LogP contribution in [0.1, 0.15) is 49.5 Å². The molecule has 9 heteroatoms. The van der Waals surface area contributed by atoms with Gasteiger partial charge >= 0.3 is 12.1 Å². The number of aromatic nitrogens is 2. The maximum absolute atomic E-state index is 12.7. The lowest BCUT2D eigenvalue weighted by Crippen LogP contribution is -2.40. The molecule has 160 valence electrons. The number of nitrogens with zero attached hydrogens (tertiary/aromatic N) is 4. The Morgan fingerprint density at radius 3 is 2.47 bits per heavy atom. The molecule has 0 unspecified atom stereocenters. The maximum atomic E-state index is 12.7. The second kappa shape index (κ2) is 9.88. The smallest absolute Gasteiger partial charge is 0.410 e. The number of amides is 3. The van der Waals surface area contributed by atoms with Crippen molar-refractivity contribution < 1.29 is 14.3 Å². The van der Waals surface area contributed by atoms with Crippen LogP contribution in [-0.2, 0) is 0 Å². The standard InChI is InChI=1S/C21H27N5O3S/c27-20(22-19-24-23-18(30-19)16-8-3-1-4-9-16)25-12-7-13-26(15-14-25)21(28)29-17-10-5-2-6-11-17/h2,5-6,10-11,16H,1,3-4,7-9,12-15H2,(H,22,24,27). The Labute approximate surface area is 180 Å². The van der Waals surface area contributed by atoms with E-state index in [0.29, 0.717) is 49.4 Å². The van der Waals surface area contributed by atoms with Crippen LogP contribution in [0.5, 0.6) is 5.75 Å². The molecule has 1 saturated heterocycles. The zero-order valence-electron chi connectivity index (χ0n) is 17.0. The minimum Gasteiger partial charge on any atom is -0.410 e. The van der Waals surface area contributed by atoms with Crippen LogP contribution in [0.3, 0.4) is 0 Å². The van der Waals surface area contributed by atoms with Gasteiger partial charge in [-0.15, -0.1) is 10.2 Å². The lowest BCUT2D eigenvalue weighted by Gasteiger charge is -2.21. The third-order valence-corrected chi connectivity index (χ3v) is 6.60. The Hall–Kier alpha value is -2.68. The predicted molar refractivity (Wildman–Crippen MR) is 115 cm³/mol. The maximum Gasteiger partial charge on any atom is 0.415 e. The number of hydrogen-bond acceptors (Lipinski definition) is 6. The van der Waals surface area contributed by atoms with Gasteiger partial charge in [-0.2, -0.15) is 0 Å². The normalized spacial score (nSPS) is 18.0. The number of para-hydroxylation sites is 1. The number of anilines is 1. The van der Waals surface area contributed by atoms with Crippen molar-refractivity contribution in [1.82, 2.24) is 20.0 Å². The molecule has 0 atom stereocenters. The van der Waals surface area contributed by atoms with E-state index in [9.17, 15) is 9.59 Å². The molecule has 4 rings (SSSR count). The van der Waals surface area contributed by atoms with E-state index in [4.69, 9.17) is 4.74 Å². The van der Waals surface area contributed by atoms with Crippen molar-refractivity contribution in [3.05, 3.63) is 35.3 Å². The Morgan fingerprint density at radius 1 is 0.933 bits per heavy atom. The molecule has 1 aliphatic heterocycles. The molecule has 0 radical (unpaired) electrons. The lowest BCUT2D eigenvalue weighted by atomic mass is 9.90. The zero-order chi connectivity index (χ0) is 20.8. The molecule has 2 heterocycles. The molecule has 1 N–H and O–H groups in total. The first-order chi connectivity index (χ1) is 14.7. The molecule has 2 aromatic rings. The van der Waals surface area contributed by atoms with Gasteiger partial charge in [0.15, 0.2) is 0 Å². The summed E-state index contributed by atoms with van der Waals surface area (Å²) in [4.78, 5) is 28.5. The molecule has 8 nitrogen and oxygen atoms in total. The molecule has 30 heavy (non-hydrogen) atoms. The first kappa shape index (κ1) is 20.6. The largest absolute Gasteiger partial charge is 0.415 e. The van der Waals surface area contributed by atoms with Gasteiger partial charge in [-0.05, 0) is 31.4 Å². The van der Waals surface area contributed by atoms with Crippen molar-refractivity contribution >= 4 is 28.6 Å². The first-order valence-corrected chi connectivity index (χ1v) is 11.4. The second-order valence-corrected chi connectivity index (χ2v) is 8.73. The summed E-state index contributed by atoms with van der Waals surface area (Å²) in [6.07, 6.45) is 6.40. The third-order valence-electron chi connectivity index (χ3n) is 5.60. The molecule has 2 fully saturated rings. The van der Waals surface area contributed by atoms with Gasteiger partial charge in [0, 0.05) is 32.1 Å². The molecule has 3 amide bonds. The zero-order valence-corrected chi connectivity index (χ0v) is 17.8. The fourth-order valence-electron chi connectivity index (χ4n) is 3.93. The summed E-state index contributed by atoms with van der Waals surface area (Å²) in [7, 11) is 0. The highest BCUT2D eigenvalue weighted by atomic mass is 32.1. The number of hydrogen-bond donors (Lipinski definition) is 1. The van der Waals surface area contributed by atoms with Gasteiger partial charge in [-0.3, -0.25) is 5.32 Å². The van der Waals surface area contributed by atoms with Crippen molar-refractivity contribution in [3.8, 4) is 5.75 Å². The fourth-order valence-corrected chi connectivity index (χ4v) is 4.83. The van der Waals surface area contributed by atoms with E-state index in [0.717, 1.165) is 17.8 Å². The highest BCUT2D eigenvalue weighted by Gasteiger charge is 2.25. The van der Waals surface area contributed by atoms with E-state index in [2.05, 4.69) is 15.5 Å². The molecule has 1 aromatic carbocycles. The molecule has 1 saturated carbocycles. The monoisotopic (exact) mass is 429 g/mol. The number of benzene rings is 1. The van der Waals surface area contributed by atoms with Crippen LogP contribution in [0.2, 0.25) is 0 Å². The molecule has 1 aliphatic carbocycles. The summed E-state index contributed by atoms with van der Waals surface area (Å²) in [5, 5.41) is 12.9. The number of urea groups is 1. The Morgan fingerprint density at radius 2 is 1.67 bits per heavy atom. The van der Waals surface area contributed by atoms with E-state index in [-0.39, 0.29) is 12.1 Å². The topological polar surface area (TPSA) is 87.7 Å². The fraction of sp³-hybridized carbons (Fsp3) is 0.524. The molecular formula is C21H27N5O3S. The van der Waals surface area contributed by atoms with E-state index in [1.165, 1.54) is 30.6 Å². The van der Waals surface area contributed by atoms with Gasteiger partial charge in [0.1, 0.15) is 10.8 Å². The van der Waals surface area contributed by atoms with E-state index >= 15 is 0 Å². The van der Waals surface area contributed by atoms with Crippen LogP contribution in [0.15, 0.2) is 30.3 Å². The quantitative estimate of drug-likeness (QED) is 0.785. The van der Waals surface area contributed by atoms with Gasteiger partial charge in [0.05, 0.1) is 0 Å². The average Bonchev–Trinajstić information content (AvgIpc) is 3.09. The molecule has 2 aliphatic rings. The Kier molecular flexibility index (Phi) is 6.78. The summed E-state index contributed by atoms with van der Waals surface area (Å²) in [6, 6.07) is 8.82. The van der Waals surface area contributed by atoms with Crippen LogP contribution in [0, 0.1) is 0 Å². The van der Waals surface area contributed by atoms with Crippen molar-refractivity contribution in [2.24, 2.45) is 0 Å². The Balaban J connectivity index is 1.28. The van der Waals surface area contributed by atoms with Gasteiger partial charge in [0.25, 0.3) is 0 Å². The average molecular weight is 430 g/mol. The summed E-state index contributed by atoms with van der Waals surface area (Å²) in [5.41, 5.74) is 0. The third kappa shape index (κ3) is 5.27. The second-order valence-electron chi connectivity index (χ2n) is 7.72. The molecule has 0 bridgehead atoms. The molecule has 1 aromatic heterocycles. The molecule has 0 spiro atoms. The highest BCUT2D eigenvalue weighted by Crippen LogP contribution is 2.35. The SMILES string of the molecule is O=C(Nc1nnc(C2CCCCC2)s1)N1CCCN(C(=O)Oc2ccccc2)CC1. The number of carbonyl (C=O) groups excluding carboxylic acids is 2. The number of rotatable bonds is 3. The number of ether oxygens (including phenoxy) is 1. The van der Waals surface area contributed by atoms with Crippen molar-refractivity contribution in [1.29, 1.82) is 0 Å². The van der Waals surface area contributed by atoms with Crippen LogP contribution < -0.4 is 10.1 Å². The lowest BCUT2D eigenvalue weighted by molar-refractivity contribution is 0.153. The van der Waals surface area contributed by atoms with E-state index in [1.54, 1.807) is 21.9 Å². The van der Waals surface area contributed by atoms with Crippen molar-refractivity contribution in [2.45, 2.75) is 44.4 Å². The highest BCUT2D eigenvalue weighted by molar-refractivity contribution is 7.15. The van der Waals surface area contributed by atoms with Crippen LogP contribution >= 0.6 is 11.3 Å².